The van der Waals surface area contributed by atoms with E-state index in [9.17, 15) is 17.9 Å². The van der Waals surface area contributed by atoms with Crippen molar-refractivity contribution < 1.29 is 17.9 Å². The highest BCUT2D eigenvalue weighted by molar-refractivity contribution is 7.89. The summed E-state index contributed by atoms with van der Waals surface area (Å²) in [4.78, 5) is -0.525. The van der Waals surface area contributed by atoms with Crippen molar-refractivity contribution in [2.24, 2.45) is 5.92 Å². The Morgan fingerprint density at radius 1 is 1.42 bits per heavy atom. The van der Waals surface area contributed by atoms with E-state index in [1.54, 1.807) is 0 Å². The lowest BCUT2D eigenvalue weighted by atomic mass is 10.1. The quantitative estimate of drug-likeness (QED) is 0.716. The molecule has 4 N–H and O–H groups in total. The van der Waals surface area contributed by atoms with Crippen molar-refractivity contribution in [1.82, 2.24) is 4.72 Å². The lowest BCUT2D eigenvalue weighted by Gasteiger charge is -2.16. The smallest absolute Gasteiger partial charge is 0.245 e. The van der Waals surface area contributed by atoms with Gasteiger partial charge in [0.1, 0.15) is 10.7 Å². The van der Waals surface area contributed by atoms with Gasteiger partial charge in [0.2, 0.25) is 10.0 Å². The summed E-state index contributed by atoms with van der Waals surface area (Å²) in [5, 5.41) is 9.63. The Kier molecular flexibility index (Phi) is 4.07. The third-order valence-corrected chi connectivity index (χ3v) is 4.94. The van der Waals surface area contributed by atoms with Gasteiger partial charge >= 0.3 is 0 Å². The van der Waals surface area contributed by atoms with Crippen molar-refractivity contribution in [2.75, 3.05) is 12.3 Å². The summed E-state index contributed by atoms with van der Waals surface area (Å²) < 4.78 is 39.9. The zero-order valence-electron chi connectivity index (χ0n) is 10.3. The van der Waals surface area contributed by atoms with Crippen molar-refractivity contribution in [3.05, 3.63) is 24.0 Å². The Morgan fingerprint density at radius 3 is 2.74 bits per heavy atom. The van der Waals surface area contributed by atoms with Gasteiger partial charge in [-0.25, -0.2) is 17.5 Å². The van der Waals surface area contributed by atoms with Crippen molar-refractivity contribution in [3.8, 4) is 0 Å². The maximum atomic E-state index is 13.6. The second-order valence-corrected chi connectivity index (χ2v) is 6.47. The molecule has 0 heterocycles. The van der Waals surface area contributed by atoms with Gasteiger partial charge in [-0.2, -0.15) is 0 Å². The molecule has 1 aliphatic carbocycles. The van der Waals surface area contributed by atoms with E-state index in [1.807, 2.05) is 0 Å². The SMILES string of the molecule is Nc1cccc(F)c1S(=O)(=O)NCC1CCCC1O. The molecule has 0 aliphatic heterocycles. The van der Waals surface area contributed by atoms with Gasteiger partial charge in [0, 0.05) is 6.54 Å². The highest BCUT2D eigenvalue weighted by Crippen LogP contribution is 2.26. The second-order valence-electron chi connectivity index (χ2n) is 4.77. The first-order valence-corrected chi connectivity index (χ1v) is 7.62. The van der Waals surface area contributed by atoms with E-state index in [1.165, 1.54) is 12.1 Å². The number of aliphatic hydroxyl groups excluding tert-OH is 1. The third kappa shape index (κ3) is 3.05. The normalized spacial score (nSPS) is 23.7. The topological polar surface area (TPSA) is 92.4 Å². The zero-order chi connectivity index (χ0) is 14.0. The third-order valence-electron chi connectivity index (χ3n) is 3.42. The van der Waals surface area contributed by atoms with Crippen molar-refractivity contribution in [3.63, 3.8) is 0 Å². The first kappa shape index (κ1) is 14.2. The number of benzene rings is 1. The fraction of sp³-hybridized carbons (Fsp3) is 0.500. The van der Waals surface area contributed by atoms with Gasteiger partial charge in [0.25, 0.3) is 0 Å². The molecular formula is C12H17FN2O3S. The molecule has 0 aromatic heterocycles. The van der Waals surface area contributed by atoms with E-state index in [-0.39, 0.29) is 18.2 Å². The molecule has 2 rings (SSSR count). The van der Waals surface area contributed by atoms with Gasteiger partial charge in [-0.3, -0.25) is 0 Å². The minimum absolute atomic E-state index is 0.0945. The molecule has 0 spiro atoms. The van der Waals surface area contributed by atoms with Crippen LogP contribution in [0.2, 0.25) is 0 Å². The van der Waals surface area contributed by atoms with Crippen LogP contribution < -0.4 is 10.5 Å². The minimum atomic E-state index is -3.99. The molecule has 2 atom stereocenters. The Bertz CT molecular complexity index is 542. The molecule has 1 aromatic rings. The van der Waals surface area contributed by atoms with Gasteiger partial charge < -0.3 is 10.8 Å². The van der Waals surface area contributed by atoms with Crippen LogP contribution in [0.5, 0.6) is 0 Å². The van der Waals surface area contributed by atoms with Gasteiger partial charge in [0.15, 0.2) is 0 Å². The number of aliphatic hydroxyl groups is 1. The maximum Gasteiger partial charge on any atom is 0.245 e. The van der Waals surface area contributed by atoms with Crippen LogP contribution in [0.25, 0.3) is 0 Å². The van der Waals surface area contributed by atoms with Crippen molar-refractivity contribution >= 4 is 15.7 Å². The average molecular weight is 288 g/mol. The number of nitrogen functional groups attached to an aromatic ring is 1. The Morgan fingerprint density at radius 2 is 2.16 bits per heavy atom. The van der Waals surface area contributed by atoms with Crippen LogP contribution in [-0.2, 0) is 10.0 Å². The number of halogens is 1. The summed E-state index contributed by atoms with van der Waals surface area (Å²) in [6.07, 6.45) is 1.81. The molecule has 7 heteroatoms. The van der Waals surface area contributed by atoms with Crippen LogP contribution in [0, 0.1) is 11.7 Å². The lowest BCUT2D eigenvalue weighted by molar-refractivity contribution is 0.134. The number of hydrogen-bond donors (Lipinski definition) is 3. The van der Waals surface area contributed by atoms with E-state index < -0.39 is 26.8 Å². The van der Waals surface area contributed by atoms with Gasteiger partial charge in [-0.1, -0.05) is 12.5 Å². The Labute approximate surface area is 111 Å². The van der Waals surface area contributed by atoms with E-state index in [4.69, 9.17) is 5.73 Å². The largest absolute Gasteiger partial charge is 0.398 e. The number of nitrogens with two attached hydrogens (primary N) is 1. The molecule has 106 valence electrons. The second kappa shape index (κ2) is 5.44. The summed E-state index contributed by atoms with van der Waals surface area (Å²) in [5.41, 5.74) is 5.38. The van der Waals surface area contributed by atoms with E-state index in [0.29, 0.717) is 6.42 Å². The predicted molar refractivity (Wildman–Crippen MR) is 69.3 cm³/mol. The van der Waals surface area contributed by atoms with Crippen LogP contribution in [0.15, 0.2) is 23.1 Å². The summed E-state index contributed by atoms with van der Waals surface area (Å²) in [6, 6.07) is 3.74. The average Bonchev–Trinajstić information content (AvgIpc) is 2.72. The van der Waals surface area contributed by atoms with Crippen LogP contribution >= 0.6 is 0 Å². The van der Waals surface area contributed by atoms with Crippen LogP contribution in [0.3, 0.4) is 0 Å². The number of nitrogens with one attached hydrogen (secondary N) is 1. The molecule has 1 saturated carbocycles. The van der Waals surface area contributed by atoms with Gasteiger partial charge in [-0.05, 0) is 30.9 Å². The molecule has 1 fully saturated rings. The first-order chi connectivity index (χ1) is 8.92. The number of rotatable bonds is 4. The van der Waals surface area contributed by atoms with Crippen molar-refractivity contribution in [1.29, 1.82) is 0 Å². The Balaban J connectivity index is 2.14. The van der Waals surface area contributed by atoms with Crippen LogP contribution in [0.4, 0.5) is 10.1 Å². The highest BCUT2D eigenvalue weighted by Gasteiger charge is 2.28. The fourth-order valence-electron chi connectivity index (χ4n) is 2.35. The molecule has 5 nitrogen and oxygen atoms in total. The molecule has 0 bridgehead atoms. The summed E-state index contributed by atoms with van der Waals surface area (Å²) in [5.74, 6) is -0.998. The van der Waals surface area contributed by atoms with Crippen molar-refractivity contribution in [2.45, 2.75) is 30.3 Å². The summed E-state index contributed by atoms with van der Waals surface area (Å²) in [6.45, 7) is 0.0945. The van der Waals surface area contributed by atoms with Crippen LogP contribution in [-0.4, -0.2) is 26.2 Å². The first-order valence-electron chi connectivity index (χ1n) is 6.13. The maximum absolute atomic E-state index is 13.6. The molecule has 2 unspecified atom stereocenters. The standard InChI is InChI=1S/C12H17FN2O3S/c13-9-4-2-5-10(14)12(9)19(17,18)15-7-8-3-1-6-11(8)16/h2,4-5,8,11,15-16H,1,3,6-7,14H2. The molecule has 0 saturated heterocycles. The summed E-state index contributed by atoms with van der Waals surface area (Å²) in [7, 11) is -3.99. The van der Waals surface area contributed by atoms with Crippen LogP contribution in [0.1, 0.15) is 19.3 Å². The van der Waals surface area contributed by atoms with E-state index >= 15 is 0 Å². The summed E-state index contributed by atoms with van der Waals surface area (Å²) >= 11 is 0. The zero-order valence-corrected chi connectivity index (χ0v) is 11.2. The van der Waals surface area contributed by atoms with Gasteiger partial charge in [-0.15, -0.1) is 0 Å². The highest BCUT2D eigenvalue weighted by atomic mass is 32.2. The molecule has 1 aliphatic rings. The van der Waals surface area contributed by atoms with E-state index in [0.717, 1.165) is 18.9 Å². The van der Waals surface area contributed by atoms with Gasteiger partial charge in [0.05, 0.1) is 11.8 Å². The predicted octanol–water partition coefficient (Wildman–Crippen LogP) is 0.847. The number of hydrogen-bond acceptors (Lipinski definition) is 4. The van der Waals surface area contributed by atoms with E-state index in [2.05, 4.69) is 4.72 Å². The number of sulfonamides is 1. The Hall–Kier alpha value is -1.18. The molecule has 1 aromatic carbocycles. The molecule has 0 amide bonds. The fourth-order valence-corrected chi connectivity index (χ4v) is 3.63. The molecule has 19 heavy (non-hydrogen) atoms. The lowest BCUT2D eigenvalue weighted by Crippen LogP contribution is -2.33. The molecular weight excluding hydrogens is 271 g/mol. The molecule has 0 radical (unpaired) electrons. The number of anilines is 1. The minimum Gasteiger partial charge on any atom is -0.398 e. The monoisotopic (exact) mass is 288 g/mol.